The van der Waals surface area contributed by atoms with E-state index in [4.69, 9.17) is 0 Å². The van der Waals surface area contributed by atoms with Crippen LogP contribution < -0.4 is 0 Å². The summed E-state index contributed by atoms with van der Waals surface area (Å²) in [4.78, 5) is 0. The Morgan fingerprint density at radius 1 is 0.645 bits per heavy atom. The van der Waals surface area contributed by atoms with Gasteiger partial charge in [0.15, 0.2) is 0 Å². The van der Waals surface area contributed by atoms with Gasteiger partial charge in [0.25, 0.3) is 0 Å². The lowest BCUT2D eigenvalue weighted by Crippen LogP contribution is -2.11. The molecule has 0 aromatic heterocycles. The molecule has 0 saturated heterocycles. The molecule has 2 N–H and O–H groups in total. The van der Waals surface area contributed by atoms with E-state index in [1.165, 1.54) is 73.6 Å². The standard InChI is InChI=1S/C29H36O2/c1-16-7-22(28(30)26(9-16)24-13-18-3-5-20(24)11-18)15-23-8-17(2)10-27(29(23)31)25-14-19-4-6-21(25)12-19/h7-10,18-21,24-25,30-31H,3-6,11-15H2,1-2H3. The highest BCUT2D eigenvalue weighted by Gasteiger charge is 2.42. The minimum Gasteiger partial charge on any atom is -0.507 e. The van der Waals surface area contributed by atoms with Crippen LogP contribution in [0.3, 0.4) is 0 Å². The van der Waals surface area contributed by atoms with E-state index in [1.807, 2.05) is 0 Å². The predicted molar refractivity (Wildman–Crippen MR) is 125 cm³/mol. The fraction of sp³-hybridized carbons (Fsp3) is 0.586. The van der Waals surface area contributed by atoms with Gasteiger partial charge in [-0.3, -0.25) is 0 Å². The molecule has 6 unspecified atom stereocenters. The Balaban J connectivity index is 1.34. The third-order valence-corrected chi connectivity index (χ3v) is 9.38. The summed E-state index contributed by atoms with van der Waals surface area (Å²) in [6.45, 7) is 4.30. The molecule has 4 bridgehead atoms. The molecule has 164 valence electrons. The first-order chi connectivity index (χ1) is 15.0. The average molecular weight is 417 g/mol. The summed E-state index contributed by atoms with van der Waals surface area (Å²) in [5.74, 6) is 5.26. The van der Waals surface area contributed by atoms with E-state index < -0.39 is 0 Å². The zero-order valence-corrected chi connectivity index (χ0v) is 19.0. The third kappa shape index (κ3) is 3.29. The summed E-state index contributed by atoms with van der Waals surface area (Å²) in [7, 11) is 0. The van der Waals surface area contributed by atoms with Gasteiger partial charge in [0.2, 0.25) is 0 Å². The van der Waals surface area contributed by atoms with Crippen molar-refractivity contribution in [1.29, 1.82) is 0 Å². The van der Waals surface area contributed by atoms with E-state index in [0.717, 1.165) is 34.8 Å². The van der Waals surface area contributed by atoms with Gasteiger partial charge in [-0.15, -0.1) is 0 Å². The molecule has 0 radical (unpaired) electrons. The van der Waals surface area contributed by atoms with Gasteiger partial charge in [0.1, 0.15) is 11.5 Å². The molecular formula is C29H36O2. The minimum atomic E-state index is 0.491. The lowest BCUT2D eigenvalue weighted by Gasteiger charge is -2.26. The number of hydrogen-bond donors (Lipinski definition) is 2. The maximum atomic E-state index is 11.3. The van der Waals surface area contributed by atoms with Crippen LogP contribution in [0, 0.1) is 37.5 Å². The highest BCUT2D eigenvalue weighted by atomic mass is 16.3. The van der Waals surface area contributed by atoms with Crippen LogP contribution in [0.25, 0.3) is 0 Å². The van der Waals surface area contributed by atoms with E-state index in [-0.39, 0.29) is 0 Å². The van der Waals surface area contributed by atoms with Gasteiger partial charge in [0.05, 0.1) is 0 Å². The van der Waals surface area contributed by atoms with Crippen LogP contribution >= 0.6 is 0 Å². The maximum Gasteiger partial charge on any atom is 0.122 e. The zero-order valence-electron chi connectivity index (χ0n) is 19.0. The first kappa shape index (κ1) is 19.7. The maximum absolute atomic E-state index is 11.3. The molecule has 31 heavy (non-hydrogen) atoms. The number of benzene rings is 2. The molecule has 4 fully saturated rings. The van der Waals surface area contributed by atoms with Crippen LogP contribution in [0.5, 0.6) is 11.5 Å². The molecule has 4 saturated carbocycles. The molecule has 0 heterocycles. The molecule has 4 aliphatic rings. The fourth-order valence-electron chi connectivity index (χ4n) is 8.06. The van der Waals surface area contributed by atoms with Gasteiger partial charge in [-0.1, -0.05) is 48.2 Å². The number of aromatic hydroxyl groups is 2. The van der Waals surface area contributed by atoms with E-state index in [1.54, 1.807) is 0 Å². The van der Waals surface area contributed by atoms with Crippen LogP contribution in [-0.4, -0.2) is 10.2 Å². The van der Waals surface area contributed by atoms with Gasteiger partial charge < -0.3 is 10.2 Å². The smallest absolute Gasteiger partial charge is 0.122 e. The quantitative estimate of drug-likeness (QED) is 0.557. The van der Waals surface area contributed by atoms with Crippen LogP contribution in [0.4, 0.5) is 0 Å². The van der Waals surface area contributed by atoms with Crippen LogP contribution in [-0.2, 0) is 6.42 Å². The van der Waals surface area contributed by atoms with Crippen LogP contribution in [0.1, 0.15) is 96.6 Å². The molecule has 0 aliphatic heterocycles. The van der Waals surface area contributed by atoms with Gasteiger partial charge >= 0.3 is 0 Å². The number of rotatable bonds is 4. The first-order valence-electron chi connectivity index (χ1n) is 12.6. The summed E-state index contributed by atoms with van der Waals surface area (Å²) in [5.41, 5.74) is 6.76. The highest BCUT2D eigenvalue weighted by molar-refractivity contribution is 5.52. The topological polar surface area (TPSA) is 40.5 Å². The van der Waals surface area contributed by atoms with E-state index in [0.29, 0.717) is 29.8 Å². The molecule has 2 nitrogen and oxygen atoms in total. The second kappa shape index (κ2) is 7.29. The summed E-state index contributed by atoms with van der Waals surface area (Å²) < 4.78 is 0. The monoisotopic (exact) mass is 416 g/mol. The SMILES string of the molecule is Cc1cc(Cc2cc(C)cc(C3CC4CCC3C4)c2O)c(O)c(C2CC3CCC2C3)c1. The largest absolute Gasteiger partial charge is 0.507 e. The molecule has 2 aromatic rings. The normalized spacial score (nSPS) is 33.5. The molecule has 4 aliphatic carbocycles. The summed E-state index contributed by atoms with van der Waals surface area (Å²) >= 11 is 0. The number of aryl methyl sites for hydroxylation is 2. The van der Waals surface area contributed by atoms with Gasteiger partial charge in [-0.05, 0) is 110 Å². The Bertz CT molecular complexity index is 940. The molecule has 0 spiro atoms. The van der Waals surface area contributed by atoms with Crippen LogP contribution in [0.2, 0.25) is 0 Å². The molecule has 2 aromatic carbocycles. The Kier molecular flexibility index (Phi) is 4.63. The van der Waals surface area contributed by atoms with E-state index >= 15 is 0 Å². The number of phenols is 2. The average Bonchev–Trinajstić information content (AvgIpc) is 3.54. The van der Waals surface area contributed by atoms with Crippen molar-refractivity contribution in [3.05, 3.63) is 57.6 Å². The number of phenolic OH excluding ortho intramolecular Hbond substituents is 2. The summed E-state index contributed by atoms with van der Waals surface area (Å²) in [6, 6.07) is 8.71. The lowest BCUT2D eigenvalue weighted by molar-refractivity contribution is 0.393. The van der Waals surface area contributed by atoms with Crippen molar-refractivity contribution in [3.63, 3.8) is 0 Å². The molecule has 0 amide bonds. The summed E-state index contributed by atoms with van der Waals surface area (Å²) in [6.07, 6.45) is 11.2. The highest BCUT2D eigenvalue weighted by Crippen LogP contribution is 2.56. The lowest BCUT2D eigenvalue weighted by atomic mass is 9.80. The van der Waals surface area contributed by atoms with Gasteiger partial charge in [-0.25, -0.2) is 0 Å². The van der Waals surface area contributed by atoms with Crippen molar-refractivity contribution in [2.75, 3.05) is 0 Å². The molecule has 6 rings (SSSR count). The number of fused-ring (bicyclic) bond motifs is 4. The zero-order chi connectivity index (χ0) is 21.3. The van der Waals surface area contributed by atoms with E-state index in [2.05, 4.69) is 38.1 Å². The van der Waals surface area contributed by atoms with E-state index in [9.17, 15) is 10.2 Å². The third-order valence-electron chi connectivity index (χ3n) is 9.38. The van der Waals surface area contributed by atoms with Crippen molar-refractivity contribution in [1.82, 2.24) is 0 Å². The first-order valence-corrected chi connectivity index (χ1v) is 12.6. The van der Waals surface area contributed by atoms with Crippen molar-refractivity contribution in [2.45, 2.75) is 83.5 Å². The Hall–Kier alpha value is -1.96. The van der Waals surface area contributed by atoms with Crippen molar-refractivity contribution in [2.24, 2.45) is 23.7 Å². The fourth-order valence-corrected chi connectivity index (χ4v) is 8.06. The number of hydrogen-bond acceptors (Lipinski definition) is 2. The Labute approximate surface area is 186 Å². The van der Waals surface area contributed by atoms with Gasteiger partial charge in [0, 0.05) is 6.42 Å². The van der Waals surface area contributed by atoms with Crippen molar-refractivity contribution >= 4 is 0 Å². The summed E-state index contributed by atoms with van der Waals surface area (Å²) in [5, 5.41) is 22.6. The van der Waals surface area contributed by atoms with Crippen molar-refractivity contribution < 1.29 is 10.2 Å². The van der Waals surface area contributed by atoms with Crippen molar-refractivity contribution in [3.8, 4) is 11.5 Å². The minimum absolute atomic E-state index is 0.491. The Morgan fingerprint density at radius 2 is 1.10 bits per heavy atom. The predicted octanol–water partition coefficient (Wildman–Crippen LogP) is 7.11. The molecule has 2 heteroatoms. The second-order valence-electron chi connectivity index (χ2n) is 11.5. The second-order valence-corrected chi connectivity index (χ2v) is 11.5. The van der Waals surface area contributed by atoms with Gasteiger partial charge in [-0.2, -0.15) is 0 Å². The Morgan fingerprint density at radius 3 is 1.45 bits per heavy atom. The molecular weight excluding hydrogens is 380 g/mol. The van der Waals surface area contributed by atoms with Crippen LogP contribution in [0.15, 0.2) is 24.3 Å². The molecule has 6 atom stereocenters.